The molecule has 11 heavy (non-hydrogen) atoms. The molecule has 1 nitrogen and oxygen atoms in total. The van der Waals surface area contributed by atoms with Crippen LogP contribution in [0.3, 0.4) is 0 Å². The van der Waals surface area contributed by atoms with Gasteiger partial charge in [-0.3, -0.25) is 0 Å². The van der Waals surface area contributed by atoms with Crippen molar-refractivity contribution in [3.63, 3.8) is 0 Å². The highest BCUT2D eigenvalue weighted by atomic mass is 35.5. The third kappa shape index (κ3) is 0.877. The van der Waals surface area contributed by atoms with Crippen LogP contribution in [0.1, 0.15) is 13.8 Å². The minimum Gasteiger partial charge on any atom is -0.358 e. The Kier molecular flexibility index (Phi) is 1.54. The van der Waals surface area contributed by atoms with E-state index in [1.54, 1.807) is 5.54 Å². The maximum atomic E-state index is 5.73. The standard InChI is InChI=1S/C8H13ClNP/c1-8(2)5-4-10(11)6(3-9)7(5)8/h3,5,7H,4,11H2,1-2H3. The first-order chi connectivity index (χ1) is 5.09. The Labute approximate surface area is 75.0 Å². The Bertz CT molecular complexity index is 224. The average Bonchev–Trinajstić information content (AvgIpc) is 2.38. The van der Waals surface area contributed by atoms with Gasteiger partial charge in [-0.1, -0.05) is 25.4 Å². The zero-order valence-electron chi connectivity index (χ0n) is 6.84. The molecule has 0 aromatic carbocycles. The van der Waals surface area contributed by atoms with E-state index in [0.717, 1.165) is 18.4 Å². The van der Waals surface area contributed by atoms with Gasteiger partial charge >= 0.3 is 0 Å². The summed E-state index contributed by atoms with van der Waals surface area (Å²) in [5.74, 6) is 1.56. The summed E-state index contributed by atoms with van der Waals surface area (Å²) in [6.07, 6.45) is 0. The Morgan fingerprint density at radius 1 is 1.73 bits per heavy atom. The van der Waals surface area contributed by atoms with Crippen LogP contribution in [0.4, 0.5) is 0 Å². The molecular weight excluding hydrogens is 177 g/mol. The molecule has 1 saturated heterocycles. The Balaban J connectivity index is 2.24. The van der Waals surface area contributed by atoms with Gasteiger partial charge in [-0.2, -0.15) is 0 Å². The number of rotatable bonds is 0. The number of fused-ring (bicyclic) bond motifs is 1. The van der Waals surface area contributed by atoms with Gasteiger partial charge < -0.3 is 4.67 Å². The van der Waals surface area contributed by atoms with Gasteiger partial charge in [0.05, 0.1) is 0 Å². The van der Waals surface area contributed by atoms with Crippen LogP contribution in [0.5, 0.6) is 0 Å². The summed E-state index contributed by atoms with van der Waals surface area (Å²) >= 11 is 5.73. The van der Waals surface area contributed by atoms with Gasteiger partial charge in [0.25, 0.3) is 0 Å². The van der Waals surface area contributed by atoms with Gasteiger partial charge in [-0.05, 0) is 20.7 Å². The molecular formula is C8H13ClNP. The first-order valence-corrected chi connectivity index (χ1v) is 4.87. The van der Waals surface area contributed by atoms with E-state index in [2.05, 4.69) is 27.9 Å². The molecule has 1 saturated carbocycles. The van der Waals surface area contributed by atoms with Crippen LogP contribution < -0.4 is 0 Å². The lowest BCUT2D eigenvalue weighted by Crippen LogP contribution is -2.14. The number of hydrogen-bond donors (Lipinski definition) is 0. The second-order valence-electron chi connectivity index (χ2n) is 4.09. The molecule has 3 atom stereocenters. The second kappa shape index (κ2) is 2.14. The molecule has 62 valence electrons. The largest absolute Gasteiger partial charge is 0.358 e. The van der Waals surface area contributed by atoms with Crippen LogP contribution in [0, 0.1) is 17.3 Å². The molecule has 1 aliphatic carbocycles. The second-order valence-corrected chi connectivity index (χ2v) is 4.93. The van der Waals surface area contributed by atoms with Gasteiger partial charge in [-0.25, -0.2) is 0 Å². The molecule has 0 N–H and O–H groups in total. The number of allylic oxidation sites excluding steroid dienone is 1. The number of hydrogen-bond acceptors (Lipinski definition) is 1. The number of halogens is 1. The molecule has 2 aliphatic rings. The molecule has 2 fully saturated rings. The van der Waals surface area contributed by atoms with Crippen molar-refractivity contribution in [3.05, 3.63) is 11.2 Å². The van der Waals surface area contributed by atoms with Crippen LogP contribution in [-0.4, -0.2) is 11.2 Å². The predicted molar refractivity (Wildman–Crippen MR) is 51.1 cm³/mol. The summed E-state index contributed by atoms with van der Waals surface area (Å²) in [6, 6.07) is 0. The van der Waals surface area contributed by atoms with E-state index in [9.17, 15) is 0 Å². The van der Waals surface area contributed by atoms with Crippen LogP contribution in [0.2, 0.25) is 0 Å². The van der Waals surface area contributed by atoms with Crippen molar-refractivity contribution in [1.82, 2.24) is 4.67 Å². The fourth-order valence-corrected chi connectivity index (χ4v) is 3.12. The summed E-state index contributed by atoms with van der Waals surface area (Å²) in [5.41, 5.74) is 3.53. The van der Waals surface area contributed by atoms with Crippen molar-refractivity contribution in [2.24, 2.45) is 17.3 Å². The zero-order valence-corrected chi connectivity index (χ0v) is 8.75. The van der Waals surface area contributed by atoms with E-state index in [-0.39, 0.29) is 0 Å². The summed E-state index contributed by atoms with van der Waals surface area (Å²) in [4.78, 5) is 0. The molecule has 0 amide bonds. The lowest BCUT2D eigenvalue weighted by molar-refractivity contribution is 0.438. The molecule has 3 heteroatoms. The van der Waals surface area contributed by atoms with Crippen molar-refractivity contribution in [2.45, 2.75) is 13.8 Å². The maximum absolute atomic E-state index is 5.73. The first-order valence-electron chi connectivity index (χ1n) is 3.91. The van der Waals surface area contributed by atoms with Crippen LogP contribution in [-0.2, 0) is 0 Å². The predicted octanol–water partition coefficient (Wildman–Crippen LogP) is 2.44. The van der Waals surface area contributed by atoms with Crippen LogP contribution >= 0.6 is 21.0 Å². The Morgan fingerprint density at radius 3 is 2.73 bits per heavy atom. The Hall–Kier alpha value is 0.260. The zero-order chi connectivity index (χ0) is 8.22. The van der Waals surface area contributed by atoms with Gasteiger partial charge in [0.2, 0.25) is 0 Å². The minimum absolute atomic E-state index is 0.508. The molecule has 2 rings (SSSR count). The van der Waals surface area contributed by atoms with E-state index in [1.807, 2.05) is 0 Å². The van der Waals surface area contributed by atoms with Gasteiger partial charge in [0.15, 0.2) is 0 Å². The molecule has 0 aromatic heterocycles. The number of nitrogens with zero attached hydrogens (tertiary/aromatic N) is 1. The van der Waals surface area contributed by atoms with Gasteiger partial charge in [0.1, 0.15) is 0 Å². The highest BCUT2D eigenvalue weighted by Crippen LogP contribution is 2.67. The number of piperidine rings is 1. The third-order valence-corrected chi connectivity index (χ3v) is 3.94. The van der Waals surface area contributed by atoms with E-state index in [1.165, 1.54) is 5.70 Å². The fraction of sp³-hybridized carbons (Fsp3) is 0.750. The van der Waals surface area contributed by atoms with Crippen molar-refractivity contribution in [3.8, 4) is 0 Å². The molecule has 1 heterocycles. The van der Waals surface area contributed by atoms with E-state index in [0.29, 0.717) is 5.41 Å². The minimum atomic E-state index is 0.508. The smallest absolute Gasteiger partial charge is 0.0317 e. The molecule has 0 radical (unpaired) electrons. The fourth-order valence-electron chi connectivity index (χ4n) is 2.30. The van der Waals surface area contributed by atoms with E-state index in [4.69, 9.17) is 11.6 Å². The van der Waals surface area contributed by atoms with Crippen LogP contribution in [0.15, 0.2) is 11.2 Å². The first kappa shape index (κ1) is 7.89. The topological polar surface area (TPSA) is 3.24 Å². The molecule has 0 aromatic rings. The Morgan fingerprint density at radius 2 is 2.36 bits per heavy atom. The lowest BCUT2D eigenvalue weighted by Gasteiger charge is -2.20. The molecule has 3 unspecified atom stereocenters. The van der Waals surface area contributed by atoms with Crippen molar-refractivity contribution < 1.29 is 0 Å². The SMILES string of the molecule is CC1(C)C2CN(P)C(=CCl)C21. The van der Waals surface area contributed by atoms with Gasteiger partial charge in [-0.15, -0.1) is 0 Å². The third-order valence-electron chi connectivity index (χ3n) is 3.21. The van der Waals surface area contributed by atoms with E-state index < -0.39 is 0 Å². The molecule has 1 aliphatic heterocycles. The molecule has 0 spiro atoms. The lowest BCUT2D eigenvalue weighted by atomic mass is 10.1. The summed E-state index contributed by atoms with van der Waals surface area (Å²) in [7, 11) is 2.72. The summed E-state index contributed by atoms with van der Waals surface area (Å²) in [6.45, 7) is 5.79. The van der Waals surface area contributed by atoms with Gasteiger partial charge in [0, 0.05) is 23.7 Å². The highest BCUT2D eigenvalue weighted by molar-refractivity contribution is 7.13. The monoisotopic (exact) mass is 189 g/mol. The maximum Gasteiger partial charge on any atom is 0.0317 e. The average molecular weight is 190 g/mol. The molecule has 0 bridgehead atoms. The summed E-state index contributed by atoms with van der Waals surface area (Å²) in [5, 5.41) is 0. The normalized spacial score (nSPS) is 42.9. The quantitative estimate of drug-likeness (QED) is 0.529. The van der Waals surface area contributed by atoms with Crippen molar-refractivity contribution in [2.75, 3.05) is 6.54 Å². The van der Waals surface area contributed by atoms with Crippen molar-refractivity contribution in [1.29, 1.82) is 0 Å². The highest BCUT2D eigenvalue weighted by Gasteiger charge is 2.63. The summed E-state index contributed by atoms with van der Waals surface area (Å²) < 4.78 is 2.19. The van der Waals surface area contributed by atoms with Crippen LogP contribution in [0.25, 0.3) is 0 Å². The van der Waals surface area contributed by atoms with E-state index >= 15 is 0 Å². The van der Waals surface area contributed by atoms with Crippen molar-refractivity contribution >= 4 is 21.0 Å².